The van der Waals surface area contributed by atoms with Crippen LogP contribution >= 0.6 is 0 Å². The lowest BCUT2D eigenvalue weighted by molar-refractivity contribution is -0.184. The molecule has 0 aromatic carbocycles. The molecule has 142 valence electrons. The largest absolute Gasteiger partial charge is 0.469 e. The molecule has 0 amide bonds. The fourth-order valence-electron chi connectivity index (χ4n) is 8.28. The Labute approximate surface area is 151 Å². The topological polar surface area (TPSA) is 66.8 Å². The number of hydrogen-bond acceptors (Lipinski definition) is 4. The standard InChI is InChI=1S/C21H34O4/c1-18-8-4-9-19(2,17(23)25-3)15(18)7-10-20-11-14(5-6-16(18)20)21(24,12-20)13-22/h14-16,22,24H,4-13H2,1-3H3/t14-,15?,16?,18-,19-,20+,21+/m1/s1. The molecule has 0 aromatic rings. The molecule has 25 heavy (non-hydrogen) atoms. The minimum atomic E-state index is -0.877. The Morgan fingerprint density at radius 1 is 1.12 bits per heavy atom. The molecule has 4 rings (SSSR count). The number of carbonyl (C=O) groups is 1. The van der Waals surface area contributed by atoms with Crippen LogP contribution in [0.5, 0.6) is 0 Å². The van der Waals surface area contributed by atoms with Crippen molar-refractivity contribution < 1.29 is 19.7 Å². The van der Waals surface area contributed by atoms with Crippen LogP contribution in [0.3, 0.4) is 0 Å². The molecule has 4 nitrogen and oxygen atoms in total. The number of rotatable bonds is 2. The third-order valence-corrected chi connectivity index (χ3v) is 9.24. The van der Waals surface area contributed by atoms with Crippen LogP contribution in [-0.4, -0.2) is 35.5 Å². The summed E-state index contributed by atoms with van der Waals surface area (Å²) >= 11 is 0. The van der Waals surface area contributed by atoms with Crippen molar-refractivity contribution in [2.45, 2.75) is 77.2 Å². The van der Waals surface area contributed by atoms with Crippen LogP contribution in [-0.2, 0) is 9.53 Å². The highest BCUT2D eigenvalue weighted by molar-refractivity contribution is 5.77. The van der Waals surface area contributed by atoms with Gasteiger partial charge in [0.1, 0.15) is 0 Å². The number of aliphatic hydroxyl groups excluding tert-OH is 1. The highest BCUT2D eigenvalue weighted by atomic mass is 16.5. The van der Waals surface area contributed by atoms with E-state index in [1.54, 1.807) is 0 Å². The van der Waals surface area contributed by atoms with E-state index in [-0.39, 0.29) is 34.7 Å². The van der Waals surface area contributed by atoms with Gasteiger partial charge in [-0.25, -0.2) is 0 Å². The molecule has 0 radical (unpaired) electrons. The van der Waals surface area contributed by atoms with E-state index in [1.807, 2.05) is 0 Å². The Morgan fingerprint density at radius 3 is 2.56 bits per heavy atom. The molecular formula is C21H34O4. The highest BCUT2D eigenvalue weighted by Gasteiger charge is 2.68. The van der Waals surface area contributed by atoms with E-state index in [9.17, 15) is 15.0 Å². The van der Waals surface area contributed by atoms with Gasteiger partial charge >= 0.3 is 5.97 Å². The number of ether oxygens (including phenoxy) is 1. The van der Waals surface area contributed by atoms with Crippen LogP contribution in [0.4, 0.5) is 0 Å². The first-order chi connectivity index (χ1) is 11.7. The zero-order valence-corrected chi connectivity index (χ0v) is 16.0. The third-order valence-electron chi connectivity index (χ3n) is 9.24. The molecule has 2 bridgehead atoms. The second-order valence-corrected chi connectivity index (χ2v) is 10.2. The smallest absolute Gasteiger partial charge is 0.311 e. The van der Waals surface area contributed by atoms with Gasteiger partial charge in [0.05, 0.1) is 24.7 Å². The lowest BCUT2D eigenvalue weighted by Crippen LogP contribution is -2.58. The molecule has 0 heterocycles. The monoisotopic (exact) mass is 350 g/mol. The number of esters is 1. The first kappa shape index (κ1) is 17.8. The zero-order chi connectivity index (χ0) is 18.1. The minimum absolute atomic E-state index is 0.0358. The molecule has 7 atom stereocenters. The Bertz CT molecular complexity index is 576. The van der Waals surface area contributed by atoms with Gasteiger partial charge in [-0.2, -0.15) is 0 Å². The number of aliphatic hydroxyl groups is 2. The molecule has 4 aliphatic carbocycles. The van der Waals surface area contributed by atoms with Gasteiger partial charge in [-0.05, 0) is 86.9 Å². The molecular weight excluding hydrogens is 316 g/mol. The fraction of sp³-hybridized carbons (Fsp3) is 0.952. The summed E-state index contributed by atoms with van der Waals surface area (Å²) in [6, 6.07) is 0. The van der Waals surface area contributed by atoms with Gasteiger partial charge in [-0.1, -0.05) is 13.3 Å². The summed E-state index contributed by atoms with van der Waals surface area (Å²) in [7, 11) is 1.52. The van der Waals surface area contributed by atoms with Crippen molar-refractivity contribution in [2.75, 3.05) is 13.7 Å². The molecule has 1 spiro atoms. The fourth-order valence-corrected chi connectivity index (χ4v) is 8.28. The molecule has 0 saturated heterocycles. The molecule has 4 fully saturated rings. The summed E-state index contributed by atoms with van der Waals surface area (Å²) in [5, 5.41) is 20.8. The van der Waals surface area contributed by atoms with Gasteiger partial charge in [0.2, 0.25) is 0 Å². The first-order valence-corrected chi connectivity index (χ1v) is 10.2. The van der Waals surface area contributed by atoms with Crippen molar-refractivity contribution in [3.63, 3.8) is 0 Å². The minimum Gasteiger partial charge on any atom is -0.469 e. The summed E-state index contributed by atoms with van der Waals surface area (Å²) in [4.78, 5) is 12.7. The van der Waals surface area contributed by atoms with E-state index in [2.05, 4.69) is 13.8 Å². The Hall–Kier alpha value is -0.610. The second kappa shape index (κ2) is 5.45. The van der Waals surface area contributed by atoms with Crippen molar-refractivity contribution in [1.82, 2.24) is 0 Å². The van der Waals surface area contributed by atoms with Crippen molar-refractivity contribution in [3.8, 4) is 0 Å². The quantitative estimate of drug-likeness (QED) is 0.750. The summed E-state index contributed by atoms with van der Waals surface area (Å²) in [5.41, 5.74) is -0.935. The first-order valence-electron chi connectivity index (χ1n) is 10.2. The third kappa shape index (κ3) is 2.16. The maximum atomic E-state index is 12.7. The van der Waals surface area contributed by atoms with Crippen molar-refractivity contribution in [1.29, 1.82) is 0 Å². The molecule has 2 N–H and O–H groups in total. The van der Waals surface area contributed by atoms with Gasteiger partial charge in [0.15, 0.2) is 0 Å². The Morgan fingerprint density at radius 2 is 1.88 bits per heavy atom. The van der Waals surface area contributed by atoms with E-state index < -0.39 is 5.60 Å². The molecule has 4 saturated carbocycles. The summed E-state index contributed by atoms with van der Waals surface area (Å²) in [6.07, 6.45) is 9.30. The van der Waals surface area contributed by atoms with E-state index in [1.165, 1.54) is 13.5 Å². The van der Waals surface area contributed by atoms with Gasteiger partial charge in [-0.3, -0.25) is 4.79 Å². The van der Waals surface area contributed by atoms with Crippen molar-refractivity contribution in [2.24, 2.45) is 34.0 Å². The summed E-state index contributed by atoms with van der Waals surface area (Å²) in [6.45, 7) is 4.44. The predicted octanol–water partition coefficient (Wildman–Crippen LogP) is 3.30. The zero-order valence-electron chi connectivity index (χ0n) is 16.0. The van der Waals surface area contributed by atoms with Crippen LogP contribution in [0.15, 0.2) is 0 Å². The van der Waals surface area contributed by atoms with Crippen LogP contribution in [0.25, 0.3) is 0 Å². The molecule has 0 aromatic heterocycles. The van der Waals surface area contributed by atoms with Crippen molar-refractivity contribution in [3.05, 3.63) is 0 Å². The maximum Gasteiger partial charge on any atom is 0.311 e. The van der Waals surface area contributed by atoms with E-state index in [0.29, 0.717) is 11.8 Å². The lowest BCUT2D eigenvalue weighted by atomic mass is 9.41. The van der Waals surface area contributed by atoms with Crippen LogP contribution in [0.2, 0.25) is 0 Å². The Balaban J connectivity index is 1.71. The molecule has 4 aliphatic rings. The highest BCUT2D eigenvalue weighted by Crippen LogP contribution is 2.72. The number of hydrogen-bond donors (Lipinski definition) is 2. The average molecular weight is 350 g/mol. The molecule has 4 heteroatoms. The van der Waals surface area contributed by atoms with E-state index >= 15 is 0 Å². The van der Waals surface area contributed by atoms with Crippen LogP contribution in [0, 0.1) is 34.0 Å². The normalized spacial score (nSPS) is 54.5. The van der Waals surface area contributed by atoms with Crippen LogP contribution in [0.1, 0.15) is 71.6 Å². The molecule has 0 aliphatic heterocycles. The number of carbonyl (C=O) groups excluding carboxylic acids is 1. The SMILES string of the molecule is COC(=O)[C@]1(C)CCC[C@@]2(C)C3CC[C@@H]4C[C@@]3(CCC21)C[C@]4(O)CO. The predicted molar refractivity (Wildman–Crippen MR) is 94.7 cm³/mol. The van der Waals surface area contributed by atoms with Gasteiger partial charge < -0.3 is 14.9 Å². The van der Waals surface area contributed by atoms with E-state index in [4.69, 9.17) is 4.74 Å². The average Bonchev–Trinajstić information content (AvgIpc) is 2.80. The van der Waals surface area contributed by atoms with Crippen LogP contribution < -0.4 is 0 Å². The number of methoxy groups -OCH3 is 1. The second-order valence-electron chi connectivity index (χ2n) is 10.2. The van der Waals surface area contributed by atoms with Gasteiger partial charge in [-0.15, -0.1) is 0 Å². The lowest BCUT2D eigenvalue weighted by Gasteiger charge is -2.63. The summed E-state index contributed by atoms with van der Waals surface area (Å²) in [5.74, 6) is 1.15. The number of fused-ring (bicyclic) bond motifs is 3. The van der Waals surface area contributed by atoms with Gasteiger partial charge in [0, 0.05) is 0 Å². The molecule has 2 unspecified atom stereocenters. The van der Waals surface area contributed by atoms with Crippen molar-refractivity contribution >= 4 is 5.97 Å². The maximum absolute atomic E-state index is 12.7. The summed E-state index contributed by atoms with van der Waals surface area (Å²) < 4.78 is 5.22. The van der Waals surface area contributed by atoms with Gasteiger partial charge in [0.25, 0.3) is 0 Å². The van der Waals surface area contributed by atoms with E-state index in [0.717, 1.165) is 51.4 Å². The Kier molecular flexibility index (Phi) is 3.88.